The number of hydrogen-bond acceptors (Lipinski definition) is 1. The van der Waals surface area contributed by atoms with Gasteiger partial charge in [0.1, 0.15) is 0 Å². The fraction of sp³-hybridized carbons (Fsp3) is 0.636. The summed E-state index contributed by atoms with van der Waals surface area (Å²) < 4.78 is 5.85. The fourth-order valence-corrected chi connectivity index (χ4v) is 1.54. The van der Waals surface area contributed by atoms with Gasteiger partial charge in [0.2, 0.25) is 0 Å². The van der Waals surface area contributed by atoms with Crippen molar-refractivity contribution in [3.63, 3.8) is 0 Å². The third-order valence-corrected chi connectivity index (χ3v) is 7.06. The van der Waals surface area contributed by atoms with Crippen molar-refractivity contribution in [2.45, 2.75) is 38.9 Å². The molecule has 0 spiro atoms. The van der Waals surface area contributed by atoms with Crippen LogP contribution in [0.3, 0.4) is 0 Å². The molecule has 0 saturated carbocycles. The van der Waals surface area contributed by atoms with Gasteiger partial charge in [0.15, 0.2) is 8.32 Å². The summed E-state index contributed by atoms with van der Waals surface area (Å²) in [7, 11) is -1.57. The van der Waals surface area contributed by atoms with Gasteiger partial charge in [0, 0.05) is 0 Å². The normalized spacial score (nSPS) is 13.2. The van der Waals surface area contributed by atoms with Crippen molar-refractivity contribution in [3.05, 3.63) is 12.2 Å². The maximum absolute atomic E-state index is 5.85. The quantitative estimate of drug-likeness (QED) is 0.497. The lowest BCUT2D eigenvalue weighted by atomic mass is 10.2. The van der Waals surface area contributed by atoms with Crippen LogP contribution >= 0.6 is 0 Å². The van der Waals surface area contributed by atoms with Crippen LogP contribution in [0, 0.1) is 12.3 Å². The molecule has 0 unspecified atom stereocenters. The van der Waals surface area contributed by atoms with E-state index in [9.17, 15) is 0 Å². The van der Waals surface area contributed by atoms with E-state index in [-0.39, 0.29) is 5.04 Å². The first-order chi connectivity index (χ1) is 5.81. The maximum Gasteiger partial charge on any atom is 0.192 e. The highest BCUT2D eigenvalue weighted by atomic mass is 28.4. The Morgan fingerprint density at radius 3 is 2.31 bits per heavy atom. The van der Waals surface area contributed by atoms with Gasteiger partial charge in [-0.25, -0.2) is 0 Å². The van der Waals surface area contributed by atoms with Crippen LogP contribution in [0.1, 0.15) is 20.8 Å². The van der Waals surface area contributed by atoms with Crippen molar-refractivity contribution in [1.82, 2.24) is 0 Å². The summed E-state index contributed by atoms with van der Waals surface area (Å²) in [5, 5.41) is 0.275. The summed E-state index contributed by atoms with van der Waals surface area (Å²) in [4.78, 5) is 0. The molecule has 0 aliphatic heterocycles. The molecule has 13 heavy (non-hydrogen) atoms. The third-order valence-electron chi connectivity index (χ3n) is 2.56. The highest BCUT2D eigenvalue weighted by Gasteiger charge is 2.36. The van der Waals surface area contributed by atoms with Crippen molar-refractivity contribution in [2.75, 3.05) is 6.61 Å². The molecule has 0 rings (SSSR count). The molecule has 0 N–H and O–H groups in total. The Hall–Kier alpha value is -0.523. The van der Waals surface area contributed by atoms with Crippen LogP contribution in [0.15, 0.2) is 12.2 Å². The maximum atomic E-state index is 5.85. The molecule has 0 bridgehead atoms. The smallest absolute Gasteiger partial charge is 0.192 e. The number of terminal acetylenes is 1. The average molecular weight is 196 g/mol. The van der Waals surface area contributed by atoms with Gasteiger partial charge in [-0.05, 0) is 24.2 Å². The summed E-state index contributed by atoms with van der Waals surface area (Å²) in [6.07, 6.45) is 8.66. The van der Waals surface area contributed by atoms with Crippen LogP contribution in [-0.2, 0) is 4.43 Å². The summed E-state index contributed by atoms with van der Waals surface area (Å²) in [5.74, 6) is 2.45. The number of hydrogen-bond donors (Lipinski definition) is 0. The molecule has 0 aromatic heterocycles. The Kier molecular flexibility index (Phi) is 4.45. The minimum atomic E-state index is -1.57. The molecule has 0 heterocycles. The molecule has 0 amide bonds. The molecule has 0 aromatic carbocycles. The predicted molar refractivity (Wildman–Crippen MR) is 61.1 cm³/mol. The molecule has 0 aliphatic rings. The lowest BCUT2D eigenvalue weighted by molar-refractivity contribution is 0.328. The Morgan fingerprint density at radius 2 is 1.92 bits per heavy atom. The van der Waals surface area contributed by atoms with E-state index in [0.29, 0.717) is 6.61 Å². The zero-order valence-corrected chi connectivity index (χ0v) is 10.3. The first-order valence-corrected chi connectivity index (χ1v) is 7.47. The van der Waals surface area contributed by atoms with E-state index in [0.717, 1.165) is 0 Å². The molecule has 0 saturated heterocycles. The Bertz CT molecular complexity index is 215. The van der Waals surface area contributed by atoms with Gasteiger partial charge in [-0.15, -0.1) is 6.42 Å². The second-order valence-electron chi connectivity index (χ2n) is 4.64. The third kappa shape index (κ3) is 4.30. The zero-order chi connectivity index (χ0) is 10.5. The van der Waals surface area contributed by atoms with Gasteiger partial charge in [-0.1, -0.05) is 32.8 Å². The highest BCUT2D eigenvalue weighted by Crippen LogP contribution is 2.36. The van der Waals surface area contributed by atoms with Crippen LogP contribution in [0.2, 0.25) is 18.1 Å². The van der Waals surface area contributed by atoms with Crippen molar-refractivity contribution in [3.8, 4) is 12.3 Å². The SMILES string of the molecule is C#C/C=C\CO[Si](C)(C)C(C)(C)C. The molecule has 0 atom stereocenters. The Morgan fingerprint density at radius 1 is 1.38 bits per heavy atom. The lowest BCUT2D eigenvalue weighted by Crippen LogP contribution is -2.40. The highest BCUT2D eigenvalue weighted by molar-refractivity contribution is 6.74. The van der Waals surface area contributed by atoms with Gasteiger partial charge >= 0.3 is 0 Å². The van der Waals surface area contributed by atoms with Crippen molar-refractivity contribution >= 4 is 8.32 Å². The van der Waals surface area contributed by atoms with Crippen molar-refractivity contribution in [2.24, 2.45) is 0 Å². The van der Waals surface area contributed by atoms with Crippen molar-refractivity contribution < 1.29 is 4.43 Å². The van der Waals surface area contributed by atoms with Gasteiger partial charge < -0.3 is 4.43 Å². The van der Waals surface area contributed by atoms with Crippen LogP contribution in [0.25, 0.3) is 0 Å². The summed E-state index contributed by atoms with van der Waals surface area (Å²) in [6, 6.07) is 0. The van der Waals surface area contributed by atoms with Gasteiger partial charge in [0.05, 0.1) is 6.61 Å². The average Bonchev–Trinajstić information content (AvgIpc) is 1.96. The van der Waals surface area contributed by atoms with Crippen molar-refractivity contribution in [1.29, 1.82) is 0 Å². The molecule has 1 nitrogen and oxygen atoms in total. The van der Waals surface area contributed by atoms with E-state index in [2.05, 4.69) is 39.8 Å². The monoisotopic (exact) mass is 196 g/mol. The van der Waals surface area contributed by atoms with Gasteiger partial charge in [-0.3, -0.25) is 0 Å². The number of allylic oxidation sites excluding steroid dienone is 1. The van der Waals surface area contributed by atoms with E-state index < -0.39 is 8.32 Å². The Balaban J connectivity index is 4.06. The molecular weight excluding hydrogens is 176 g/mol. The largest absolute Gasteiger partial charge is 0.413 e. The standard InChI is InChI=1S/C11H20OSi/c1-7-8-9-10-12-13(5,6)11(2,3)4/h1,8-9H,10H2,2-6H3/b9-8-. The van der Waals surface area contributed by atoms with E-state index >= 15 is 0 Å². The predicted octanol–water partition coefficient (Wildman–Crippen LogP) is 3.20. The Labute approximate surface area is 83.3 Å². The summed E-state index contributed by atoms with van der Waals surface area (Å²) in [6.45, 7) is 11.8. The summed E-state index contributed by atoms with van der Waals surface area (Å²) >= 11 is 0. The van der Waals surface area contributed by atoms with Crippen LogP contribution in [0.5, 0.6) is 0 Å². The molecule has 0 fully saturated rings. The van der Waals surface area contributed by atoms with Crippen LogP contribution < -0.4 is 0 Å². The first-order valence-electron chi connectivity index (χ1n) is 4.56. The molecular formula is C11H20OSi. The van der Waals surface area contributed by atoms with Crippen LogP contribution in [0.4, 0.5) is 0 Å². The van der Waals surface area contributed by atoms with Gasteiger partial charge in [-0.2, -0.15) is 0 Å². The molecule has 0 aliphatic carbocycles. The van der Waals surface area contributed by atoms with E-state index in [1.165, 1.54) is 0 Å². The second-order valence-corrected chi connectivity index (χ2v) is 9.45. The molecule has 0 radical (unpaired) electrons. The first kappa shape index (κ1) is 12.5. The van der Waals surface area contributed by atoms with Gasteiger partial charge in [0.25, 0.3) is 0 Å². The second kappa shape index (κ2) is 4.64. The van der Waals surface area contributed by atoms with E-state index in [1.54, 1.807) is 6.08 Å². The zero-order valence-electron chi connectivity index (χ0n) is 9.35. The van der Waals surface area contributed by atoms with Crippen LogP contribution in [-0.4, -0.2) is 14.9 Å². The molecule has 2 heteroatoms. The molecule has 74 valence electrons. The lowest BCUT2D eigenvalue weighted by Gasteiger charge is -2.35. The summed E-state index contributed by atoms with van der Waals surface area (Å²) in [5.41, 5.74) is 0. The minimum Gasteiger partial charge on any atom is -0.413 e. The van der Waals surface area contributed by atoms with E-state index in [1.807, 2.05) is 6.08 Å². The molecule has 0 aromatic rings. The topological polar surface area (TPSA) is 9.23 Å². The number of rotatable bonds is 3. The fourth-order valence-electron chi connectivity index (χ4n) is 0.589. The van der Waals surface area contributed by atoms with E-state index in [4.69, 9.17) is 10.8 Å². The minimum absolute atomic E-state index is 0.275.